The lowest BCUT2D eigenvalue weighted by Gasteiger charge is -1.98. The number of rotatable bonds is 5. The van der Waals surface area contributed by atoms with Crippen LogP contribution < -0.4 is 0 Å². The van der Waals surface area contributed by atoms with Gasteiger partial charge in [-0.25, -0.2) is 4.39 Å². The number of thioether (sulfide) groups is 2. The van der Waals surface area contributed by atoms with Crippen molar-refractivity contribution in [1.29, 1.82) is 5.26 Å². The molecule has 6 heteroatoms. The zero-order valence-corrected chi connectivity index (χ0v) is 12.1. The fourth-order valence-corrected chi connectivity index (χ4v) is 2.58. The van der Waals surface area contributed by atoms with E-state index >= 15 is 0 Å². The van der Waals surface area contributed by atoms with E-state index in [2.05, 4.69) is 11.6 Å². The third-order valence-corrected chi connectivity index (χ3v) is 3.94. The lowest BCUT2D eigenvalue weighted by atomic mass is 10.1. The summed E-state index contributed by atoms with van der Waals surface area (Å²) in [6, 6.07) is 5.77. The van der Waals surface area contributed by atoms with Crippen LogP contribution in [0.2, 0.25) is 0 Å². The lowest BCUT2D eigenvalue weighted by molar-refractivity contribution is 0.104. The van der Waals surface area contributed by atoms with Gasteiger partial charge in [-0.1, -0.05) is 41.7 Å². The van der Waals surface area contributed by atoms with Gasteiger partial charge in [-0.05, 0) is 23.6 Å². The molecule has 0 saturated heterocycles. The second-order valence-corrected chi connectivity index (χ2v) is 5.50. The molecule has 0 radical (unpaired) electrons. The summed E-state index contributed by atoms with van der Waals surface area (Å²) in [5.41, 5.74) is 0.0156. The van der Waals surface area contributed by atoms with Gasteiger partial charge < -0.3 is 0 Å². The van der Waals surface area contributed by atoms with Gasteiger partial charge in [-0.2, -0.15) is 10.3 Å². The van der Waals surface area contributed by atoms with Gasteiger partial charge in [-0.15, -0.1) is 6.58 Å². The molecule has 102 valence electrons. The summed E-state index contributed by atoms with van der Waals surface area (Å²) in [6.07, 6.45) is 4.63. The van der Waals surface area contributed by atoms with Gasteiger partial charge in [-0.3, -0.25) is 4.79 Å². The third-order valence-electron chi connectivity index (χ3n) is 1.99. The fraction of sp³-hybridized carbons (Fsp3) is 0.0714. The summed E-state index contributed by atoms with van der Waals surface area (Å²) in [4.78, 5) is 15.4. The summed E-state index contributed by atoms with van der Waals surface area (Å²) in [5, 5.41) is 10.0. The molecule has 0 saturated carbocycles. The topological polar surface area (TPSA) is 53.2 Å². The molecule has 0 heterocycles. The molecule has 0 unspecified atom stereocenters. The minimum atomic E-state index is -0.556. The zero-order chi connectivity index (χ0) is 14.8. The molecular weight excluding hydrogens is 295 g/mol. The highest BCUT2D eigenvalue weighted by Gasteiger charge is 2.07. The van der Waals surface area contributed by atoms with Crippen LogP contribution in [0, 0.1) is 17.3 Å². The Morgan fingerprint density at radius 2 is 2.25 bits per heavy atom. The van der Waals surface area contributed by atoms with Crippen LogP contribution in [0.25, 0.3) is 0 Å². The Bertz CT molecular complexity index is 591. The number of carbonyl (C=O) groups excluding carboxylic acids is 1. The first-order valence-corrected chi connectivity index (χ1v) is 7.38. The number of hydrogen-bond acceptors (Lipinski definition) is 5. The van der Waals surface area contributed by atoms with Crippen molar-refractivity contribution < 1.29 is 9.18 Å². The van der Waals surface area contributed by atoms with E-state index in [1.165, 1.54) is 41.4 Å². The fourth-order valence-electron chi connectivity index (χ4n) is 1.17. The average Bonchev–Trinajstić information content (AvgIpc) is 2.45. The van der Waals surface area contributed by atoms with Crippen molar-refractivity contribution in [1.82, 2.24) is 0 Å². The second kappa shape index (κ2) is 9.13. The molecule has 20 heavy (non-hydrogen) atoms. The van der Waals surface area contributed by atoms with Crippen LogP contribution in [0.5, 0.6) is 0 Å². The Morgan fingerprint density at radius 1 is 1.50 bits per heavy atom. The molecule has 0 N–H and O–H groups in total. The van der Waals surface area contributed by atoms with E-state index < -0.39 is 11.6 Å². The third kappa shape index (κ3) is 5.43. The van der Waals surface area contributed by atoms with Gasteiger partial charge in [0.05, 0.1) is 5.56 Å². The maximum absolute atomic E-state index is 13.4. The Kier molecular flexibility index (Phi) is 7.40. The van der Waals surface area contributed by atoms with Crippen molar-refractivity contribution in [2.24, 2.45) is 4.99 Å². The zero-order valence-electron chi connectivity index (χ0n) is 10.5. The highest BCUT2D eigenvalue weighted by Crippen LogP contribution is 2.19. The van der Waals surface area contributed by atoms with E-state index in [1.807, 2.05) is 0 Å². The molecule has 0 bridgehead atoms. The number of benzene rings is 1. The van der Waals surface area contributed by atoms with Gasteiger partial charge >= 0.3 is 0 Å². The Morgan fingerprint density at radius 3 is 2.90 bits per heavy atom. The van der Waals surface area contributed by atoms with Crippen molar-refractivity contribution in [3.05, 3.63) is 59.8 Å². The van der Waals surface area contributed by atoms with E-state index in [9.17, 15) is 9.18 Å². The predicted molar refractivity (Wildman–Crippen MR) is 83.2 cm³/mol. The SMILES string of the molecule is C=CCSC(=NC#N)SC=CC(=O)c1ccccc1F. The van der Waals surface area contributed by atoms with Crippen LogP contribution >= 0.6 is 23.5 Å². The molecule has 0 aromatic heterocycles. The monoisotopic (exact) mass is 306 g/mol. The first-order valence-electron chi connectivity index (χ1n) is 5.51. The van der Waals surface area contributed by atoms with Gasteiger partial charge in [0, 0.05) is 5.75 Å². The number of ketones is 1. The number of hydrogen-bond donors (Lipinski definition) is 0. The van der Waals surface area contributed by atoms with Crippen LogP contribution in [0.15, 0.2) is 53.4 Å². The van der Waals surface area contributed by atoms with E-state index in [-0.39, 0.29) is 5.56 Å². The van der Waals surface area contributed by atoms with Crippen LogP contribution in [0.4, 0.5) is 4.39 Å². The highest BCUT2D eigenvalue weighted by molar-refractivity contribution is 8.40. The highest BCUT2D eigenvalue weighted by atomic mass is 32.2. The Labute approximate surface area is 125 Å². The molecule has 0 aliphatic rings. The van der Waals surface area contributed by atoms with E-state index in [0.717, 1.165) is 11.8 Å². The van der Waals surface area contributed by atoms with E-state index in [1.54, 1.807) is 18.3 Å². The molecule has 0 aliphatic heterocycles. The number of halogens is 1. The molecular formula is C14H11FN2OS2. The molecule has 0 fully saturated rings. The molecule has 1 aromatic rings. The van der Waals surface area contributed by atoms with E-state index in [0.29, 0.717) is 10.1 Å². The predicted octanol–water partition coefficient (Wildman–Crippen LogP) is 4.01. The van der Waals surface area contributed by atoms with E-state index in [4.69, 9.17) is 5.26 Å². The van der Waals surface area contributed by atoms with Gasteiger partial charge in [0.2, 0.25) is 6.19 Å². The van der Waals surface area contributed by atoms with Crippen LogP contribution in [-0.4, -0.2) is 15.9 Å². The quantitative estimate of drug-likeness (QED) is 0.206. The number of allylic oxidation sites excluding steroid dienone is 1. The maximum atomic E-state index is 13.4. The summed E-state index contributed by atoms with van der Waals surface area (Å²) in [7, 11) is 0. The maximum Gasteiger partial charge on any atom is 0.207 e. The number of nitriles is 1. The molecule has 0 amide bonds. The summed E-state index contributed by atoms with van der Waals surface area (Å²) in [6.45, 7) is 3.57. The van der Waals surface area contributed by atoms with Crippen molar-refractivity contribution in [3.63, 3.8) is 0 Å². The van der Waals surface area contributed by atoms with Crippen molar-refractivity contribution >= 4 is 33.7 Å². The van der Waals surface area contributed by atoms with Crippen molar-refractivity contribution in [2.45, 2.75) is 0 Å². The first-order chi connectivity index (χ1) is 9.69. The first kappa shape index (κ1) is 16.2. The standard InChI is InChI=1S/C14H11FN2OS2/c1-2-8-19-14(17-10-16)20-9-7-13(18)11-5-3-4-6-12(11)15/h2-7,9H,1,8H2. The number of aliphatic imine (C=N–C) groups is 1. The summed E-state index contributed by atoms with van der Waals surface area (Å²) in [5.74, 6) is -0.373. The average molecular weight is 306 g/mol. The molecule has 1 rings (SSSR count). The normalized spacial score (nSPS) is 11.3. The summed E-state index contributed by atoms with van der Waals surface area (Å²) < 4.78 is 13.9. The lowest BCUT2D eigenvalue weighted by Crippen LogP contribution is -1.97. The number of nitrogens with zero attached hydrogens (tertiary/aromatic N) is 2. The number of carbonyl (C=O) groups is 1. The van der Waals surface area contributed by atoms with Gasteiger partial charge in [0.15, 0.2) is 5.78 Å². The second-order valence-electron chi connectivity index (χ2n) is 3.34. The molecule has 3 nitrogen and oxygen atoms in total. The van der Waals surface area contributed by atoms with Crippen LogP contribution in [-0.2, 0) is 0 Å². The minimum Gasteiger partial charge on any atom is -0.289 e. The Balaban J connectivity index is 2.66. The molecule has 0 atom stereocenters. The van der Waals surface area contributed by atoms with Gasteiger partial charge in [0.1, 0.15) is 10.2 Å². The molecule has 1 aromatic carbocycles. The minimum absolute atomic E-state index is 0.0156. The van der Waals surface area contributed by atoms with Crippen molar-refractivity contribution in [3.8, 4) is 6.19 Å². The largest absolute Gasteiger partial charge is 0.289 e. The summed E-state index contributed by atoms with van der Waals surface area (Å²) >= 11 is 2.47. The smallest absolute Gasteiger partial charge is 0.207 e. The van der Waals surface area contributed by atoms with Crippen LogP contribution in [0.1, 0.15) is 10.4 Å². The molecule has 0 aliphatic carbocycles. The Hall–Kier alpha value is -1.84. The van der Waals surface area contributed by atoms with Crippen LogP contribution in [0.3, 0.4) is 0 Å². The van der Waals surface area contributed by atoms with Gasteiger partial charge in [0.25, 0.3) is 0 Å². The molecule has 0 spiro atoms. The van der Waals surface area contributed by atoms with Crippen molar-refractivity contribution in [2.75, 3.05) is 5.75 Å².